The second-order valence-electron chi connectivity index (χ2n) is 1.94. The number of fused-ring (bicyclic) bond motifs is 2. The number of hydrogen-bond donors (Lipinski definition) is 0. The SMILES string of the molecule is O=P12CN(CO1)CO2. The van der Waals surface area contributed by atoms with E-state index in [1.165, 1.54) is 0 Å². The Morgan fingerprint density at radius 3 is 2.12 bits per heavy atom. The first kappa shape index (κ1) is 4.94. The Bertz CT molecular complexity index is 147. The molecule has 0 atom stereocenters. The van der Waals surface area contributed by atoms with Crippen molar-refractivity contribution in [2.24, 2.45) is 0 Å². The third-order valence-corrected chi connectivity index (χ3v) is 3.01. The van der Waals surface area contributed by atoms with Crippen molar-refractivity contribution in [3.8, 4) is 0 Å². The highest BCUT2D eigenvalue weighted by Crippen LogP contribution is 2.57. The average molecular weight is 135 g/mol. The van der Waals surface area contributed by atoms with Crippen LogP contribution in [0.2, 0.25) is 0 Å². The Balaban J connectivity index is 2.32. The standard InChI is InChI=1S/C3H6NO3P/c5-8-3-4(1-6-8)2-7-8/h1-3H2. The van der Waals surface area contributed by atoms with E-state index in [2.05, 4.69) is 0 Å². The average Bonchev–Trinajstić information content (AvgIpc) is 2.21. The van der Waals surface area contributed by atoms with E-state index in [-0.39, 0.29) is 0 Å². The Hall–Kier alpha value is 0.110. The highest BCUT2D eigenvalue weighted by atomic mass is 31.2. The summed E-state index contributed by atoms with van der Waals surface area (Å²) < 4.78 is 20.5. The van der Waals surface area contributed by atoms with Crippen LogP contribution in [0.3, 0.4) is 0 Å². The van der Waals surface area contributed by atoms with Gasteiger partial charge in [0.05, 0.1) is 0 Å². The second-order valence-corrected chi connectivity index (χ2v) is 3.96. The van der Waals surface area contributed by atoms with Crippen LogP contribution in [0.4, 0.5) is 0 Å². The zero-order valence-corrected chi connectivity index (χ0v) is 5.13. The van der Waals surface area contributed by atoms with E-state index < -0.39 is 7.60 Å². The van der Waals surface area contributed by atoms with Gasteiger partial charge in [-0.25, -0.2) is 4.90 Å². The summed E-state index contributed by atoms with van der Waals surface area (Å²) in [7, 11) is -2.55. The summed E-state index contributed by atoms with van der Waals surface area (Å²) in [4.78, 5) is 1.86. The fourth-order valence-electron chi connectivity index (χ4n) is 0.822. The zero-order valence-electron chi connectivity index (χ0n) is 4.24. The molecule has 0 spiro atoms. The van der Waals surface area contributed by atoms with Gasteiger partial charge in [0.25, 0.3) is 0 Å². The molecule has 2 fully saturated rings. The Morgan fingerprint density at radius 2 is 2.00 bits per heavy atom. The van der Waals surface area contributed by atoms with E-state index in [0.717, 1.165) is 0 Å². The lowest BCUT2D eigenvalue weighted by molar-refractivity contribution is 0.0658. The second kappa shape index (κ2) is 1.33. The third-order valence-electron chi connectivity index (χ3n) is 1.25. The first-order valence-electron chi connectivity index (χ1n) is 2.39. The molecule has 2 bridgehead atoms. The summed E-state index contributed by atoms with van der Waals surface area (Å²) in [5.41, 5.74) is 0. The van der Waals surface area contributed by atoms with Gasteiger partial charge in [0.15, 0.2) is 0 Å². The van der Waals surface area contributed by atoms with E-state index >= 15 is 0 Å². The van der Waals surface area contributed by atoms with E-state index in [4.69, 9.17) is 9.05 Å². The van der Waals surface area contributed by atoms with Gasteiger partial charge in [-0.3, -0.25) is 13.6 Å². The maximum Gasteiger partial charge on any atom is 0.347 e. The Kier molecular flexibility index (Phi) is 0.823. The minimum absolute atomic E-state index is 0.483. The van der Waals surface area contributed by atoms with Crippen LogP contribution in [0, 0.1) is 0 Å². The topological polar surface area (TPSA) is 38.8 Å². The van der Waals surface area contributed by atoms with Crippen LogP contribution in [0.5, 0.6) is 0 Å². The van der Waals surface area contributed by atoms with Crippen LogP contribution in [0.1, 0.15) is 0 Å². The monoisotopic (exact) mass is 135 g/mol. The van der Waals surface area contributed by atoms with E-state index in [0.29, 0.717) is 19.7 Å². The maximum absolute atomic E-state index is 10.9. The summed E-state index contributed by atoms with van der Waals surface area (Å²) in [6.07, 6.45) is 0.493. The van der Waals surface area contributed by atoms with Crippen molar-refractivity contribution in [1.82, 2.24) is 4.90 Å². The third kappa shape index (κ3) is 0.545. The van der Waals surface area contributed by atoms with Crippen LogP contribution in [0.15, 0.2) is 0 Å². The predicted octanol–water partition coefficient (Wildman–Crippen LogP) is 0.414. The lowest BCUT2D eigenvalue weighted by Crippen LogP contribution is -2.18. The molecule has 2 aliphatic rings. The number of rotatable bonds is 0. The van der Waals surface area contributed by atoms with Gasteiger partial charge in [-0.05, 0) is 0 Å². The van der Waals surface area contributed by atoms with Crippen molar-refractivity contribution in [3.05, 3.63) is 0 Å². The van der Waals surface area contributed by atoms with Crippen LogP contribution < -0.4 is 0 Å². The van der Waals surface area contributed by atoms with Crippen molar-refractivity contribution in [2.45, 2.75) is 0 Å². The molecule has 0 saturated carbocycles. The van der Waals surface area contributed by atoms with Gasteiger partial charge < -0.3 is 0 Å². The van der Waals surface area contributed by atoms with Crippen molar-refractivity contribution >= 4 is 7.60 Å². The van der Waals surface area contributed by atoms with Crippen LogP contribution in [0.25, 0.3) is 0 Å². The smallest absolute Gasteiger partial charge is 0.292 e. The van der Waals surface area contributed by atoms with Crippen molar-refractivity contribution in [1.29, 1.82) is 0 Å². The van der Waals surface area contributed by atoms with E-state index in [1.807, 2.05) is 4.90 Å². The Labute approximate surface area is 46.9 Å². The molecule has 0 aromatic heterocycles. The molecule has 0 amide bonds. The summed E-state index contributed by atoms with van der Waals surface area (Å²) in [6, 6.07) is 0. The molecule has 2 rings (SSSR count). The molecule has 46 valence electrons. The molecule has 2 aliphatic heterocycles. The summed E-state index contributed by atoms with van der Waals surface area (Å²) in [6.45, 7) is 0.967. The van der Waals surface area contributed by atoms with Crippen LogP contribution in [-0.2, 0) is 13.6 Å². The molecular weight excluding hydrogens is 129 g/mol. The minimum Gasteiger partial charge on any atom is -0.292 e. The van der Waals surface area contributed by atoms with Gasteiger partial charge in [0.1, 0.15) is 19.7 Å². The van der Waals surface area contributed by atoms with Gasteiger partial charge in [-0.2, -0.15) is 0 Å². The van der Waals surface area contributed by atoms with E-state index in [1.54, 1.807) is 0 Å². The molecule has 5 heteroatoms. The van der Waals surface area contributed by atoms with Gasteiger partial charge in [-0.15, -0.1) is 0 Å². The molecule has 2 heterocycles. The van der Waals surface area contributed by atoms with Gasteiger partial charge in [0.2, 0.25) is 0 Å². The zero-order chi connectivity index (χ0) is 5.61. The highest BCUT2D eigenvalue weighted by Gasteiger charge is 2.42. The van der Waals surface area contributed by atoms with Crippen molar-refractivity contribution in [3.63, 3.8) is 0 Å². The summed E-state index contributed by atoms with van der Waals surface area (Å²) >= 11 is 0. The molecule has 2 saturated heterocycles. The van der Waals surface area contributed by atoms with Gasteiger partial charge in [0, 0.05) is 0 Å². The molecule has 4 nitrogen and oxygen atoms in total. The van der Waals surface area contributed by atoms with Gasteiger partial charge in [-0.1, -0.05) is 0 Å². The molecular formula is C3H6NO3P. The minimum atomic E-state index is -2.55. The quantitative estimate of drug-likeness (QED) is 0.451. The first-order chi connectivity index (χ1) is 3.79. The first-order valence-corrected chi connectivity index (χ1v) is 4.12. The number of hydrogen-bond acceptors (Lipinski definition) is 4. The van der Waals surface area contributed by atoms with Crippen LogP contribution >= 0.6 is 7.60 Å². The molecule has 0 aromatic rings. The van der Waals surface area contributed by atoms with Crippen molar-refractivity contribution < 1.29 is 13.6 Å². The summed E-state index contributed by atoms with van der Waals surface area (Å²) in [5.74, 6) is 0. The molecule has 0 unspecified atom stereocenters. The molecule has 0 N–H and O–H groups in total. The Morgan fingerprint density at radius 1 is 1.38 bits per heavy atom. The number of nitrogens with zero attached hydrogens (tertiary/aromatic N) is 1. The fraction of sp³-hybridized carbons (Fsp3) is 1.00. The molecule has 0 aliphatic carbocycles. The van der Waals surface area contributed by atoms with E-state index in [9.17, 15) is 4.57 Å². The molecule has 8 heavy (non-hydrogen) atoms. The largest absolute Gasteiger partial charge is 0.347 e. The molecule has 0 aromatic carbocycles. The summed E-state index contributed by atoms with van der Waals surface area (Å²) in [5, 5.41) is 0. The molecule has 0 radical (unpaired) electrons. The van der Waals surface area contributed by atoms with Crippen LogP contribution in [-0.4, -0.2) is 24.6 Å². The normalized spacial score (nSPS) is 52.8. The lowest BCUT2D eigenvalue weighted by Gasteiger charge is -2.10. The lowest BCUT2D eigenvalue weighted by atomic mass is 10.9. The highest BCUT2D eigenvalue weighted by molar-refractivity contribution is 7.54. The van der Waals surface area contributed by atoms with Crippen molar-refractivity contribution in [2.75, 3.05) is 19.7 Å². The van der Waals surface area contributed by atoms with Gasteiger partial charge >= 0.3 is 7.60 Å². The predicted molar refractivity (Wildman–Crippen MR) is 26.2 cm³/mol. The fourth-order valence-corrected chi connectivity index (χ4v) is 2.39. The maximum atomic E-state index is 10.9.